The maximum atomic E-state index is 11.2. The quantitative estimate of drug-likeness (QED) is 0.273. The first-order valence-corrected chi connectivity index (χ1v) is 12.8. The second-order valence-electron chi connectivity index (χ2n) is 11.6. The van der Waals surface area contributed by atoms with Gasteiger partial charge in [0.2, 0.25) is 0 Å². The summed E-state index contributed by atoms with van der Waals surface area (Å²) in [6.45, 7) is 10.5. The number of benzene rings is 1. The number of aliphatic hydroxyl groups excluding tert-OH is 2. The number of non-ortho nitro benzene ring substituents is 1. The summed E-state index contributed by atoms with van der Waals surface area (Å²) in [5, 5.41) is 35.3. The first-order chi connectivity index (χ1) is 16.1. The lowest BCUT2D eigenvalue weighted by Crippen LogP contribution is -2.53. The maximum absolute atomic E-state index is 11.2. The zero-order valence-electron chi connectivity index (χ0n) is 20.6. The van der Waals surface area contributed by atoms with Crippen LogP contribution in [-0.4, -0.2) is 40.4 Å². The van der Waals surface area contributed by atoms with E-state index in [1.807, 2.05) is 6.07 Å². The Labute approximate surface area is 203 Å². The summed E-state index contributed by atoms with van der Waals surface area (Å²) in [6, 6.07) is 6.82. The van der Waals surface area contributed by atoms with Crippen molar-refractivity contribution in [1.29, 1.82) is 0 Å². The van der Waals surface area contributed by atoms with Crippen LogP contribution in [0.2, 0.25) is 0 Å². The van der Waals surface area contributed by atoms with Crippen LogP contribution >= 0.6 is 0 Å². The molecule has 0 aliphatic heterocycles. The van der Waals surface area contributed by atoms with Gasteiger partial charge in [-0.1, -0.05) is 38.1 Å². The average Bonchev–Trinajstić information content (AvgIpc) is 3.05. The minimum Gasteiger partial charge on any atom is -0.396 e. The fourth-order valence-corrected chi connectivity index (χ4v) is 7.72. The minimum atomic E-state index is -0.356. The zero-order valence-corrected chi connectivity index (χ0v) is 20.6. The van der Waals surface area contributed by atoms with E-state index in [1.54, 1.807) is 12.1 Å². The molecule has 0 spiro atoms. The van der Waals surface area contributed by atoms with Crippen LogP contribution in [0.4, 0.5) is 5.69 Å². The third-order valence-corrected chi connectivity index (χ3v) is 9.92. The van der Waals surface area contributed by atoms with Crippen molar-refractivity contribution in [2.75, 3.05) is 13.2 Å². The van der Waals surface area contributed by atoms with Crippen molar-refractivity contribution in [1.82, 2.24) is 5.32 Å². The van der Waals surface area contributed by atoms with E-state index in [2.05, 4.69) is 25.7 Å². The second kappa shape index (κ2) is 9.69. The molecule has 3 unspecified atom stereocenters. The molecule has 3 saturated carbocycles. The van der Waals surface area contributed by atoms with Gasteiger partial charge in [0.1, 0.15) is 0 Å². The van der Waals surface area contributed by atoms with Crippen molar-refractivity contribution < 1.29 is 15.1 Å². The van der Waals surface area contributed by atoms with Crippen LogP contribution in [0.15, 0.2) is 36.4 Å². The molecule has 0 heterocycles. The molecule has 0 radical (unpaired) electrons. The van der Waals surface area contributed by atoms with Crippen LogP contribution < -0.4 is 11.1 Å². The van der Waals surface area contributed by atoms with Gasteiger partial charge in [0.05, 0.1) is 11.0 Å². The number of nitro benzene ring substituents is 1. The Bertz CT molecular complexity index is 923. The van der Waals surface area contributed by atoms with Gasteiger partial charge in [-0.15, -0.1) is 0 Å². The van der Waals surface area contributed by atoms with Gasteiger partial charge >= 0.3 is 0 Å². The van der Waals surface area contributed by atoms with Crippen LogP contribution in [0.5, 0.6) is 0 Å². The number of nitrogens with two attached hydrogens (primary N) is 1. The third kappa shape index (κ3) is 4.43. The van der Waals surface area contributed by atoms with Crippen molar-refractivity contribution in [2.24, 2.45) is 40.2 Å². The minimum absolute atomic E-state index is 0.0163. The molecule has 8 atom stereocenters. The summed E-state index contributed by atoms with van der Waals surface area (Å²) in [4.78, 5) is 10.8. The predicted octanol–water partition coefficient (Wildman–Crippen LogP) is 3.78. The SMILES string of the molecule is C=C1C(N)CC2[C@H](CNCc3cccc([N+](=O)[O-])c3)C([C@@]3(C)CC[C@H](O)C[C@@H]3CO)CC[C@]12C. The highest BCUT2D eigenvalue weighted by molar-refractivity contribution is 5.34. The smallest absolute Gasteiger partial charge is 0.269 e. The number of hydrogen-bond donors (Lipinski definition) is 4. The Hall–Kier alpha value is -1.80. The van der Waals surface area contributed by atoms with E-state index in [4.69, 9.17) is 5.73 Å². The van der Waals surface area contributed by atoms with Crippen molar-refractivity contribution >= 4 is 5.69 Å². The number of nitrogens with zero attached hydrogens (tertiary/aromatic N) is 1. The molecule has 3 fully saturated rings. The van der Waals surface area contributed by atoms with Gasteiger partial charge in [0.15, 0.2) is 0 Å². The molecular weight excluding hydrogens is 430 g/mol. The molecule has 5 N–H and O–H groups in total. The summed E-state index contributed by atoms with van der Waals surface area (Å²) in [5.41, 5.74) is 8.68. The third-order valence-electron chi connectivity index (χ3n) is 9.92. The van der Waals surface area contributed by atoms with E-state index in [0.717, 1.165) is 44.2 Å². The van der Waals surface area contributed by atoms with Crippen molar-refractivity contribution in [2.45, 2.75) is 71.1 Å². The largest absolute Gasteiger partial charge is 0.396 e. The van der Waals surface area contributed by atoms with Crippen LogP contribution in [0, 0.1) is 44.6 Å². The standard InChI is InChI=1S/C27H41N3O4/c1-17-25(28)13-24-22(15-29-14-18-5-4-6-20(11-18)30(33)34)23(8-10-26(17,24)2)27(3)9-7-21(32)12-19(27)16-31/h4-6,11,19,21-25,29,31-32H,1,7-10,12-16,28H2,2-3H3/t19-,21+,22-,23?,24?,25?,26-,27+/m1/s1. The van der Waals surface area contributed by atoms with Crippen LogP contribution in [0.25, 0.3) is 0 Å². The lowest BCUT2D eigenvalue weighted by Gasteiger charge is -2.56. The molecule has 3 aliphatic carbocycles. The van der Waals surface area contributed by atoms with Crippen LogP contribution in [-0.2, 0) is 6.54 Å². The van der Waals surface area contributed by atoms with E-state index < -0.39 is 0 Å². The molecule has 34 heavy (non-hydrogen) atoms. The first kappa shape index (κ1) is 25.3. The summed E-state index contributed by atoms with van der Waals surface area (Å²) in [7, 11) is 0. The van der Waals surface area contributed by atoms with E-state index >= 15 is 0 Å². The number of nitro groups is 1. The van der Waals surface area contributed by atoms with Crippen molar-refractivity contribution in [3.05, 3.63) is 52.1 Å². The number of aliphatic hydroxyl groups is 2. The molecule has 0 bridgehead atoms. The van der Waals surface area contributed by atoms with E-state index in [1.165, 1.54) is 11.6 Å². The molecule has 0 saturated heterocycles. The molecule has 0 aromatic heterocycles. The van der Waals surface area contributed by atoms with Crippen molar-refractivity contribution in [3.63, 3.8) is 0 Å². The monoisotopic (exact) mass is 471 g/mol. The number of nitrogens with one attached hydrogen (secondary N) is 1. The van der Waals surface area contributed by atoms with E-state index in [9.17, 15) is 20.3 Å². The summed E-state index contributed by atoms with van der Waals surface area (Å²) in [6.07, 6.45) is 5.08. The van der Waals surface area contributed by atoms with Gasteiger partial charge in [-0.05, 0) is 85.1 Å². The number of rotatable bonds is 7. The highest BCUT2D eigenvalue weighted by Crippen LogP contribution is 2.63. The lowest BCUT2D eigenvalue weighted by atomic mass is 9.49. The van der Waals surface area contributed by atoms with Crippen molar-refractivity contribution in [3.8, 4) is 0 Å². The topological polar surface area (TPSA) is 122 Å². The van der Waals surface area contributed by atoms with Crippen LogP contribution in [0.3, 0.4) is 0 Å². The summed E-state index contributed by atoms with van der Waals surface area (Å²) in [5.74, 6) is 1.26. The van der Waals surface area contributed by atoms with Crippen LogP contribution in [0.1, 0.15) is 57.9 Å². The van der Waals surface area contributed by atoms with Gasteiger partial charge in [-0.3, -0.25) is 10.1 Å². The van der Waals surface area contributed by atoms with E-state index in [-0.39, 0.29) is 46.1 Å². The summed E-state index contributed by atoms with van der Waals surface area (Å²) < 4.78 is 0. The second-order valence-corrected chi connectivity index (χ2v) is 11.6. The normalized spacial score (nSPS) is 40.2. The number of hydrogen-bond acceptors (Lipinski definition) is 6. The zero-order chi connectivity index (χ0) is 24.7. The van der Waals surface area contributed by atoms with Gasteiger partial charge in [-0.25, -0.2) is 0 Å². The Morgan fingerprint density at radius 3 is 2.71 bits per heavy atom. The molecule has 0 amide bonds. The Balaban J connectivity index is 1.58. The molecule has 4 rings (SSSR count). The van der Waals surface area contributed by atoms with Gasteiger partial charge in [-0.2, -0.15) is 0 Å². The predicted molar refractivity (Wildman–Crippen MR) is 133 cm³/mol. The van der Waals surface area contributed by atoms with Gasteiger partial charge in [0.25, 0.3) is 5.69 Å². The highest BCUT2D eigenvalue weighted by Gasteiger charge is 2.58. The fraction of sp³-hybridized carbons (Fsp3) is 0.704. The van der Waals surface area contributed by atoms with Gasteiger partial charge < -0.3 is 21.3 Å². The molecule has 1 aromatic carbocycles. The average molecular weight is 472 g/mol. The molecule has 7 nitrogen and oxygen atoms in total. The molecule has 3 aliphatic rings. The highest BCUT2D eigenvalue weighted by atomic mass is 16.6. The first-order valence-electron chi connectivity index (χ1n) is 12.8. The number of fused-ring (bicyclic) bond motifs is 1. The van der Waals surface area contributed by atoms with Gasteiger partial charge in [0, 0.05) is 31.3 Å². The molecule has 7 heteroatoms. The fourth-order valence-electron chi connectivity index (χ4n) is 7.72. The summed E-state index contributed by atoms with van der Waals surface area (Å²) >= 11 is 0. The molecular formula is C27H41N3O4. The van der Waals surface area contributed by atoms with E-state index in [0.29, 0.717) is 30.7 Å². The Morgan fingerprint density at radius 1 is 1.24 bits per heavy atom. The lowest BCUT2D eigenvalue weighted by molar-refractivity contribution is -0.384. The maximum Gasteiger partial charge on any atom is 0.269 e. The molecule has 188 valence electrons. The Kier molecular flexibility index (Phi) is 7.21. The Morgan fingerprint density at radius 2 is 2.00 bits per heavy atom. The molecule has 1 aromatic rings.